The van der Waals surface area contributed by atoms with Gasteiger partial charge in [-0.05, 0) is 36.8 Å². The van der Waals surface area contributed by atoms with E-state index < -0.39 is 11.5 Å². The van der Waals surface area contributed by atoms with E-state index in [1.807, 2.05) is 0 Å². The molecule has 3 heterocycles. The van der Waals surface area contributed by atoms with E-state index in [2.05, 4.69) is 15.6 Å². The van der Waals surface area contributed by atoms with Crippen LogP contribution in [0, 0.1) is 6.92 Å². The molecule has 10 nitrogen and oxygen atoms in total. The SMILES string of the molecule is COc1ccccc1NC(=O)Cn1cnc2sc(C(=O)Nc3ccc4c(c3)OCCO4)c(C)c2c1=O. The van der Waals surface area contributed by atoms with Crippen molar-refractivity contribution >= 4 is 44.7 Å². The molecule has 0 fully saturated rings. The van der Waals surface area contributed by atoms with Crippen molar-refractivity contribution in [2.75, 3.05) is 31.0 Å². The quantitative estimate of drug-likeness (QED) is 0.411. The van der Waals surface area contributed by atoms with E-state index in [1.54, 1.807) is 49.4 Å². The van der Waals surface area contributed by atoms with Crippen LogP contribution in [0.25, 0.3) is 10.2 Å². The van der Waals surface area contributed by atoms with E-state index in [9.17, 15) is 14.4 Å². The van der Waals surface area contributed by atoms with Gasteiger partial charge in [-0.1, -0.05) is 12.1 Å². The number of nitrogens with zero attached hydrogens (tertiary/aromatic N) is 2. The van der Waals surface area contributed by atoms with Crippen LogP contribution in [0.3, 0.4) is 0 Å². The van der Waals surface area contributed by atoms with Gasteiger partial charge in [0, 0.05) is 11.8 Å². The molecule has 0 saturated heterocycles. The molecular formula is C25H22N4O6S. The van der Waals surface area contributed by atoms with Crippen molar-refractivity contribution in [3.63, 3.8) is 0 Å². The lowest BCUT2D eigenvalue weighted by atomic mass is 10.2. The Balaban J connectivity index is 1.37. The number of rotatable bonds is 6. The molecule has 0 spiro atoms. The van der Waals surface area contributed by atoms with E-state index in [4.69, 9.17) is 14.2 Å². The van der Waals surface area contributed by atoms with E-state index in [1.165, 1.54) is 18.0 Å². The summed E-state index contributed by atoms with van der Waals surface area (Å²) in [6, 6.07) is 12.1. The molecule has 2 aromatic heterocycles. The smallest absolute Gasteiger partial charge is 0.266 e. The molecule has 0 bridgehead atoms. The molecule has 0 saturated carbocycles. The number of benzene rings is 2. The minimum atomic E-state index is -0.410. The van der Waals surface area contributed by atoms with Crippen LogP contribution in [0.15, 0.2) is 53.6 Å². The summed E-state index contributed by atoms with van der Waals surface area (Å²) in [4.78, 5) is 43.9. The maximum Gasteiger partial charge on any atom is 0.266 e. The fourth-order valence-electron chi connectivity index (χ4n) is 3.89. The second-order valence-corrected chi connectivity index (χ2v) is 8.97. The second kappa shape index (κ2) is 9.70. The van der Waals surface area contributed by atoms with Gasteiger partial charge in [0.1, 0.15) is 30.3 Å². The molecule has 1 aliphatic heterocycles. The third-order valence-corrected chi connectivity index (χ3v) is 6.82. The predicted octanol–water partition coefficient (Wildman–Crippen LogP) is 3.44. The van der Waals surface area contributed by atoms with E-state index in [0.29, 0.717) is 62.5 Å². The van der Waals surface area contributed by atoms with Crippen LogP contribution in [0.4, 0.5) is 11.4 Å². The van der Waals surface area contributed by atoms with E-state index in [0.717, 1.165) is 11.3 Å². The number of methoxy groups -OCH3 is 1. The summed E-state index contributed by atoms with van der Waals surface area (Å²) in [5.41, 5.74) is 1.14. The molecule has 4 aromatic rings. The summed E-state index contributed by atoms with van der Waals surface area (Å²) < 4.78 is 17.5. The van der Waals surface area contributed by atoms with Gasteiger partial charge in [0.2, 0.25) is 5.91 Å². The number of anilines is 2. The van der Waals surface area contributed by atoms with Crippen molar-refractivity contribution < 1.29 is 23.8 Å². The van der Waals surface area contributed by atoms with Gasteiger partial charge in [0.15, 0.2) is 11.5 Å². The standard InChI is InChI=1S/C25H22N4O6S/c1-14-21-24(36-22(14)23(31)27-15-7-8-18-19(11-15)35-10-9-34-18)26-13-29(25(21)32)12-20(30)28-16-5-3-4-6-17(16)33-2/h3-8,11,13H,9-10,12H2,1-2H3,(H,27,31)(H,28,30). The lowest BCUT2D eigenvalue weighted by Crippen LogP contribution is -2.28. The lowest BCUT2D eigenvalue weighted by molar-refractivity contribution is -0.116. The third-order valence-electron chi connectivity index (χ3n) is 5.62. The molecule has 11 heteroatoms. The van der Waals surface area contributed by atoms with Crippen LogP contribution in [0.2, 0.25) is 0 Å². The molecule has 36 heavy (non-hydrogen) atoms. The van der Waals surface area contributed by atoms with Crippen LogP contribution >= 0.6 is 11.3 Å². The Morgan fingerprint density at radius 1 is 1.11 bits per heavy atom. The van der Waals surface area contributed by atoms with E-state index >= 15 is 0 Å². The zero-order valence-electron chi connectivity index (χ0n) is 19.5. The predicted molar refractivity (Wildman–Crippen MR) is 136 cm³/mol. The first-order valence-corrected chi connectivity index (χ1v) is 11.9. The van der Waals surface area contributed by atoms with Crippen LogP contribution < -0.4 is 30.4 Å². The molecule has 2 aromatic carbocycles. The summed E-state index contributed by atoms with van der Waals surface area (Å²) in [7, 11) is 1.51. The van der Waals surface area contributed by atoms with Crippen molar-refractivity contribution in [3.05, 3.63) is 69.6 Å². The molecular weight excluding hydrogens is 484 g/mol. The monoisotopic (exact) mass is 506 g/mol. The highest BCUT2D eigenvalue weighted by atomic mass is 32.1. The Kier molecular flexibility index (Phi) is 6.30. The Labute approximate surface area is 209 Å². The first kappa shape index (κ1) is 23.4. The van der Waals surface area contributed by atoms with Crippen LogP contribution in [-0.4, -0.2) is 41.7 Å². The van der Waals surface area contributed by atoms with Crippen molar-refractivity contribution in [1.29, 1.82) is 0 Å². The number of amides is 2. The molecule has 0 unspecified atom stereocenters. The Morgan fingerprint density at radius 3 is 2.69 bits per heavy atom. The normalized spacial score (nSPS) is 12.3. The van der Waals surface area contributed by atoms with Crippen LogP contribution in [-0.2, 0) is 11.3 Å². The zero-order chi connectivity index (χ0) is 25.2. The van der Waals surface area contributed by atoms with Gasteiger partial charge in [0.05, 0.1) is 29.4 Å². The highest BCUT2D eigenvalue weighted by molar-refractivity contribution is 7.20. The van der Waals surface area contributed by atoms with Gasteiger partial charge in [-0.2, -0.15) is 0 Å². The molecule has 2 amide bonds. The number of nitrogens with one attached hydrogen (secondary N) is 2. The van der Waals surface area contributed by atoms with Crippen LogP contribution in [0.1, 0.15) is 15.2 Å². The molecule has 2 N–H and O–H groups in total. The lowest BCUT2D eigenvalue weighted by Gasteiger charge is -2.18. The first-order chi connectivity index (χ1) is 17.4. The van der Waals surface area contributed by atoms with Gasteiger partial charge in [-0.3, -0.25) is 19.0 Å². The minimum absolute atomic E-state index is 0.242. The number of para-hydroxylation sites is 2. The number of fused-ring (bicyclic) bond motifs is 2. The number of hydrogen-bond donors (Lipinski definition) is 2. The Bertz CT molecular complexity index is 1540. The number of carbonyl (C=O) groups is 2. The highest BCUT2D eigenvalue weighted by Crippen LogP contribution is 2.33. The summed E-state index contributed by atoms with van der Waals surface area (Å²) in [5.74, 6) is 0.910. The zero-order valence-corrected chi connectivity index (χ0v) is 20.3. The summed E-state index contributed by atoms with van der Waals surface area (Å²) in [5, 5.41) is 5.88. The molecule has 1 aliphatic rings. The maximum absolute atomic E-state index is 13.2. The molecule has 0 atom stereocenters. The fraction of sp³-hybridized carbons (Fsp3) is 0.200. The van der Waals surface area contributed by atoms with Crippen molar-refractivity contribution in [3.8, 4) is 17.2 Å². The first-order valence-electron chi connectivity index (χ1n) is 11.1. The average Bonchev–Trinajstić information content (AvgIpc) is 3.23. The number of carbonyl (C=O) groups excluding carboxylic acids is 2. The van der Waals surface area contributed by atoms with Gasteiger partial charge >= 0.3 is 0 Å². The molecule has 0 aliphatic carbocycles. The second-order valence-electron chi connectivity index (χ2n) is 7.97. The number of ether oxygens (including phenoxy) is 3. The molecule has 184 valence electrons. The number of aromatic nitrogens is 2. The largest absolute Gasteiger partial charge is 0.495 e. The summed E-state index contributed by atoms with van der Waals surface area (Å²) in [6.45, 7) is 2.37. The van der Waals surface area contributed by atoms with Crippen molar-refractivity contribution in [2.24, 2.45) is 0 Å². The molecule has 0 radical (unpaired) electrons. The maximum atomic E-state index is 13.2. The highest BCUT2D eigenvalue weighted by Gasteiger charge is 2.21. The number of aryl methyl sites for hydroxylation is 1. The van der Waals surface area contributed by atoms with Gasteiger partial charge < -0.3 is 24.8 Å². The Morgan fingerprint density at radius 2 is 1.89 bits per heavy atom. The Hall–Kier alpha value is -4.38. The van der Waals surface area contributed by atoms with Crippen molar-refractivity contribution in [1.82, 2.24) is 9.55 Å². The fourth-order valence-corrected chi connectivity index (χ4v) is 4.92. The topological polar surface area (TPSA) is 121 Å². The van der Waals surface area contributed by atoms with Gasteiger partial charge in [0.25, 0.3) is 11.5 Å². The van der Waals surface area contributed by atoms with Crippen LogP contribution in [0.5, 0.6) is 17.2 Å². The third kappa shape index (κ3) is 4.48. The van der Waals surface area contributed by atoms with Gasteiger partial charge in [-0.15, -0.1) is 11.3 Å². The van der Waals surface area contributed by atoms with Gasteiger partial charge in [-0.25, -0.2) is 4.98 Å². The average molecular weight is 507 g/mol. The number of hydrogen-bond acceptors (Lipinski definition) is 8. The van der Waals surface area contributed by atoms with Crippen molar-refractivity contribution in [2.45, 2.75) is 13.5 Å². The molecule has 5 rings (SSSR count). The number of thiophene rings is 1. The summed E-state index contributed by atoms with van der Waals surface area (Å²) in [6.07, 6.45) is 1.31. The summed E-state index contributed by atoms with van der Waals surface area (Å²) >= 11 is 1.12. The minimum Gasteiger partial charge on any atom is -0.495 e. The van der Waals surface area contributed by atoms with E-state index in [-0.39, 0.29) is 12.5 Å².